The molecule has 0 saturated carbocycles. The molecule has 1 aliphatic heterocycles. The standard InChI is InChI=1S/C43H49F4N3O5Si/c1-26-13-12-15-34(44)36(26)39(52)50-35-16-11-10-14-28(35)23-32(37(50)27-17-20-30(21-18-27)49-40(53)55-41(2,3)4)38(51)48-31-22-19-29(33(24-31)43(45,46)47)25-54-56(8,9)42(5,6)7/h10-22,24,32,37H,23,25H2,1-9H3,(H,48,51)(H,49,53)/t32-,37-/m0/s1. The minimum atomic E-state index is -4.74. The number of aryl methyl sites for hydroxylation is 1. The van der Waals surface area contributed by atoms with Crippen LogP contribution >= 0.6 is 0 Å². The van der Waals surface area contributed by atoms with Crippen molar-refractivity contribution in [1.82, 2.24) is 0 Å². The number of ether oxygens (including phenoxy) is 1. The quantitative estimate of drug-likeness (QED) is 0.137. The van der Waals surface area contributed by atoms with Crippen molar-refractivity contribution in [3.05, 3.63) is 124 Å². The van der Waals surface area contributed by atoms with Gasteiger partial charge in [-0.05, 0) is 111 Å². The maximum absolute atomic E-state index is 15.5. The highest BCUT2D eigenvalue weighted by atomic mass is 28.4. The van der Waals surface area contributed by atoms with Crippen LogP contribution in [0.25, 0.3) is 0 Å². The van der Waals surface area contributed by atoms with Gasteiger partial charge in [0.2, 0.25) is 5.91 Å². The monoisotopic (exact) mass is 791 g/mol. The fourth-order valence-electron chi connectivity index (χ4n) is 6.41. The highest BCUT2D eigenvalue weighted by molar-refractivity contribution is 6.74. The van der Waals surface area contributed by atoms with Crippen LogP contribution in [0, 0.1) is 18.7 Å². The van der Waals surface area contributed by atoms with Gasteiger partial charge in [-0.3, -0.25) is 19.8 Å². The zero-order chi connectivity index (χ0) is 41.4. The topological polar surface area (TPSA) is 97.0 Å². The lowest BCUT2D eigenvalue weighted by Crippen LogP contribution is -2.47. The highest BCUT2D eigenvalue weighted by Crippen LogP contribution is 2.45. The van der Waals surface area contributed by atoms with Gasteiger partial charge in [0, 0.05) is 17.1 Å². The van der Waals surface area contributed by atoms with E-state index in [1.165, 1.54) is 29.2 Å². The van der Waals surface area contributed by atoms with E-state index in [0.717, 1.165) is 6.07 Å². The fourth-order valence-corrected chi connectivity index (χ4v) is 7.36. The zero-order valence-corrected chi connectivity index (χ0v) is 34.2. The number of carbonyl (C=O) groups excluding carboxylic acids is 3. The minimum Gasteiger partial charge on any atom is -0.444 e. The van der Waals surface area contributed by atoms with E-state index in [2.05, 4.69) is 10.6 Å². The summed E-state index contributed by atoms with van der Waals surface area (Å²) in [4.78, 5) is 42.9. The number of amides is 3. The number of alkyl halides is 3. The Balaban J connectivity index is 1.56. The molecule has 0 bridgehead atoms. The predicted molar refractivity (Wildman–Crippen MR) is 213 cm³/mol. The summed E-state index contributed by atoms with van der Waals surface area (Å²) in [5.74, 6) is -3.15. The first-order chi connectivity index (χ1) is 26.0. The molecule has 0 unspecified atom stereocenters. The number of hydrogen-bond acceptors (Lipinski definition) is 5. The first kappa shape index (κ1) is 42.1. The van der Waals surface area contributed by atoms with Gasteiger partial charge in [0.05, 0.1) is 29.7 Å². The Morgan fingerprint density at radius 1 is 0.839 bits per heavy atom. The van der Waals surface area contributed by atoms with E-state index in [4.69, 9.17) is 9.16 Å². The summed E-state index contributed by atoms with van der Waals surface area (Å²) >= 11 is 0. The third-order valence-electron chi connectivity index (χ3n) is 10.3. The van der Waals surface area contributed by atoms with Gasteiger partial charge in [-0.25, -0.2) is 9.18 Å². The van der Waals surface area contributed by atoms with Gasteiger partial charge in [0.25, 0.3) is 5.91 Å². The molecule has 5 rings (SSSR count). The number of halogens is 4. The van der Waals surface area contributed by atoms with Gasteiger partial charge in [0.15, 0.2) is 8.32 Å². The lowest BCUT2D eigenvalue weighted by molar-refractivity contribution is -0.138. The molecule has 0 spiro atoms. The molecule has 0 aliphatic carbocycles. The summed E-state index contributed by atoms with van der Waals surface area (Å²) in [5.41, 5.74) is 0.294. The zero-order valence-electron chi connectivity index (χ0n) is 33.2. The van der Waals surface area contributed by atoms with Crippen LogP contribution in [0.4, 0.5) is 39.4 Å². The van der Waals surface area contributed by atoms with Crippen molar-refractivity contribution in [3.63, 3.8) is 0 Å². The molecule has 1 heterocycles. The van der Waals surface area contributed by atoms with Gasteiger partial charge in [0.1, 0.15) is 11.4 Å². The molecule has 8 nitrogen and oxygen atoms in total. The first-order valence-corrected chi connectivity index (χ1v) is 21.3. The van der Waals surface area contributed by atoms with E-state index in [9.17, 15) is 27.6 Å². The van der Waals surface area contributed by atoms with Crippen LogP contribution in [-0.2, 0) is 33.2 Å². The number of hydrogen-bond donors (Lipinski definition) is 2. The molecule has 4 aromatic carbocycles. The van der Waals surface area contributed by atoms with Crippen molar-refractivity contribution < 1.29 is 41.1 Å². The van der Waals surface area contributed by atoms with E-state index in [1.807, 2.05) is 33.9 Å². The Kier molecular flexibility index (Phi) is 11.9. The summed E-state index contributed by atoms with van der Waals surface area (Å²) in [6.45, 7) is 16.5. The second kappa shape index (κ2) is 15.9. The molecule has 0 radical (unpaired) electrons. The Labute approximate surface area is 326 Å². The molecule has 0 saturated heterocycles. The van der Waals surface area contributed by atoms with Crippen molar-refractivity contribution in [2.75, 3.05) is 15.5 Å². The number of fused-ring (bicyclic) bond motifs is 1. The number of nitrogens with zero attached hydrogens (tertiary/aromatic N) is 1. The Morgan fingerprint density at radius 2 is 1.48 bits per heavy atom. The summed E-state index contributed by atoms with van der Waals surface area (Å²) in [7, 11) is -2.39. The number of para-hydroxylation sites is 1. The molecule has 0 aromatic heterocycles. The van der Waals surface area contributed by atoms with Crippen LogP contribution in [0.5, 0.6) is 0 Å². The second-order valence-corrected chi connectivity index (χ2v) is 21.5. The van der Waals surface area contributed by atoms with E-state index in [-0.39, 0.29) is 34.9 Å². The molecule has 56 heavy (non-hydrogen) atoms. The average Bonchev–Trinajstić information content (AvgIpc) is 3.08. The summed E-state index contributed by atoms with van der Waals surface area (Å²) in [6, 6.07) is 20.3. The molecule has 4 aromatic rings. The van der Waals surface area contributed by atoms with Crippen LogP contribution < -0.4 is 15.5 Å². The molecular weight excluding hydrogens is 743 g/mol. The maximum Gasteiger partial charge on any atom is 0.416 e. The van der Waals surface area contributed by atoms with Crippen molar-refractivity contribution >= 4 is 43.3 Å². The number of carbonyl (C=O) groups is 3. The van der Waals surface area contributed by atoms with Gasteiger partial charge in [-0.1, -0.05) is 69.3 Å². The predicted octanol–water partition coefficient (Wildman–Crippen LogP) is 11.2. The molecule has 298 valence electrons. The van der Waals surface area contributed by atoms with Gasteiger partial charge >= 0.3 is 12.3 Å². The molecule has 2 atom stereocenters. The van der Waals surface area contributed by atoms with Crippen LogP contribution in [0.2, 0.25) is 18.1 Å². The minimum absolute atomic E-state index is 0.0538. The summed E-state index contributed by atoms with van der Waals surface area (Å²) in [5, 5.41) is 5.15. The fraction of sp³-hybridized carbons (Fsp3) is 0.372. The molecule has 2 N–H and O–H groups in total. The smallest absolute Gasteiger partial charge is 0.416 e. The highest BCUT2D eigenvalue weighted by Gasteiger charge is 2.44. The van der Waals surface area contributed by atoms with Crippen molar-refractivity contribution in [2.45, 2.75) is 97.4 Å². The number of rotatable bonds is 8. The summed E-state index contributed by atoms with van der Waals surface area (Å²) < 4.78 is 70.5. The first-order valence-electron chi connectivity index (χ1n) is 18.4. The molecular formula is C43H49F4N3O5Si. The van der Waals surface area contributed by atoms with Gasteiger partial charge in [-0.2, -0.15) is 13.2 Å². The van der Waals surface area contributed by atoms with Crippen molar-refractivity contribution in [3.8, 4) is 0 Å². The lowest BCUT2D eigenvalue weighted by Gasteiger charge is -2.42. The van der Waals surface area contributed by atoms with E-state index in [0.29, 0.717) is 28.1 Å². The molecule has 13 heteroatoms. The molecule has 1 aliphatic rings. The number of benzene rings is 4. The SMILES string of the molecule is Cc1cccc(F)c1C(=O)N1c2ccccc2C[C@H](C(=O)Nc2ccc(CO[Si](C)(C)C(C)(C)C)c(C(F)(F)F)c2)[C@@H]1c1ccc(NC(=O)OC(C)(C)C)cc1. The third kappa shape index (κ3) is 9.50. The number of nitrogens with one attached hydrogen (secondary N) is 2. The summed E-state index contributed by atoms with van der Waals surface area (Å²) in [6.07, 6.45) is -5.32. The van der Waals surface area contributed by atoms with Gasteiger partial charge < -0.3 is 14.5 Å². The van der Waals surface area contributed by atoms with Crippen LogP contribution in [0.1, 0.15) is 85.8 Å². The Morgan fingerprint density at radius 3 is 2.09 bits per heavy atom. The lowest BCUT2D eigenvalue weighted by atomic mass is 9.80. The maximum atomic E-state index is 15.5. The third-order valence-corrected chi connectivity index (χ3v) is 14.8. The normalized spacial score (nSPS) is 16.2. The van der Waals surface area contributed by atoms with Crippen molar-refractivity contribution in [2.24, 2.45) is 5.92 Å². The van der Waals surface area contributed by atoms with E-state index < -0.39 is 61.3 Å². The molecule has 0 fully saturated rings. The Bertz CT molecular complexity index is 2090. The second-order valence-electron chi connectivity index (χ2n) is 16.6. The van der Waals surface area contributed by atoms with Crippen LogP contribution in [-0.4, -0.2) is 31.8 Å². The Hall–Kier alpha value is -5.01. The largest absolute Gasteiger partial charge is 0.444 e. The van der Waals surface area contributed by atoms with E-state index in [1.54, 1.807) is 82.3 Å². The number of anilines is 3. The van der Waals surface area contributed by atoms with Gasteiger partial charge in [-0.15, -0.1) is 0 Å². The van der Waals surface area contributed by atoms with Crippen LogP contribution in [0.3, 0.4) is 0 Å². The van der Waals surface area contributed by atoms with Crippen LogP contribution in [0.15, 0.2) is 84.9 Å². The molecule has 3 amide bonds. The average molecular weight is 792 g/mol. The van der Waals surface area contributed by atoms with E-state index >= 15 is 4.39 Å². The van der Waals surface area contributed by atoms with Crippen molar-refractivity contribution in [1.29, 1.82) is 0 Å².